The maximum absolute atomic E-state index is 5.96. The van der Waals surface area contributed by atoms with Crippen molar-refractivity contribution >= 4 is 27.7 Å². The van der Waals surface area contributed by atoms with Crippen molar-refractivity contribution < 1.29 is 4.74 Å². The van der Waals surface area contributed by atoms with Gasteiger partial charge in [-0.25, -0.2) is 0 Å². The van der Waals surface area contributed by atoms with E-state index in [9.17, 15) is 0 Å². The van der Waals surface area contributed by atoms with Gasteiger partial charge in [0, 0.05) is 11.8 Å². The molecule has 1 aromatic carbocycles. The molecule has 1 unspecified atom stereocenters. The molecule has 0 saturated heterocycles. The molecule has 0 amide bonds. The average molecular weight is 332 g/mol. The molecule has 0 heterocycles. The van der Waals surface area contributed by atoms with Gasteiger partial charge in [-0.2, -0.15) is 11.8 Å². The smallest absolute Gasteiger partial charge is 0.133 e. The Morgan fingerprint density at radius 1 is 1.39 bits per heavy atom. The first-order chi connectivity index (χ1) is 8.67. The predicted octanol–water partition coefficient (Wildman–Crippen LogP) is 3.86. The molecule has 1 atom stereocenters. The van der Waals surface area contributed by atoms with E-state index in [1.807, 2.05) is 17.8 Å². The molecule has 102 valence electrons. The molecule has 1 rings (SSSR count). The molecule has 1 aromatic rings. The monoisotopic (exact) mass is 331 g/mol. The number of rotatable bonds is 8. The van der Waals surface area contributed by atoms with E-state index in [2.05, 4.69) is 41.9 Å². The quantitative estimate of drug-likeness (QED) is 0.734. The van der Waals surface area contributed by atoms with Crippen LogP contribution in [0, 0.1) is 0 Å². The summed E-state index contributed by atoms with van der Waals surface area (Å²) in [6.45, 7) is 5.03. The molecule has 0 radical (unpaired) electrons. The second-order valence-corrected chi connectivity index (χ2v) is 6.43. The maximum atomic E-state index is 5.96. The van der Waals surface area contributed by atoms with Crippen LogP contribution in [0.5, 0.6) is 5.75 Å². The summed E-state index contributed by atoms with van der Waals surface area (Å²) in [5, 5.41) is 0. The second-order valence-electron chi connectivity index (χ2n) is 4.18. The minimum Gasteiger partial charge on any atom is -0.492 e. The Bertz CT molecular complexity index is 360. The van der Waals surface area contributed by atoms with Gasteiger partial charge in [0.2, 0.25) is 0 Å². The first-order valence-corrected chi connectivity index (χ1v) is 8.36. The predicted molar refractivity (Wildman–Crippen MR) is 84.6 cm³/mol. The Kier molecular flexibility index (Phi) is 7.79. The molecule has 0 spiro atoms. The van der Waals surface area contributed by atoms with E-state index < -0.39 is 0 Å². The third kappa shape index (κ3) is 5.63. The summed E-state index contributed by atoms with van der Waals surface area (Å²) in [7, 11) is 0. The number of hydrogen-bond donors (Lipinski definition) is 1. The Morgan fingerprint density at radius 3 is 2.78 bits per heavy atom. The molecule has 0 aliphatic heterocycles. The normalized spacial score (nSPS) is 12.4. The largest absolute Gasteiger partial charge is 0.492 e. The molecule has 0 fully saturated rings. The minimum absolute atomic E-state index is 0.240. The van der Waals surface area contributed by atoms with Crippen LogP contribution in [0.25, 0.3) is 0 Å². The first kappa shape index (κ1) is 15.9. The molecular formula is C14H22BrNOS. The van der Waals surface area contributed by atoms with Crippen molar-refractivity contribution in [1.29, 1.82) is 0 Å². The molecule has 18 heavy (non-hydrogen) atoms. The fourth-order valence-corrected chi connectivity index (χ4v) is 2.62. The molecular weight excluding hydrogens is 310 g/mol. The summed E-state index contributed by atoms with van der Waals surface area (Å²) in [6.07, 6.45) is 1.92. The van der Waals surface area contributed by atoms with Crippen LogP contribution in [-0.2, 0) is 6.42 Å². The Hall–Kier alpha value is -0.190. The van der Waals surface area contributed by atoms with Gasteiger partial charge in [0.05, 0.1) is 11.1 Å². The van der Waals surface area contributed by atoms with Gasteiger partial charge in [0.25, 0.3) is 0 Å². The van der Waals surface area contributed by atoms with Crippen molar-refractivity contribution in [2.45, 2.75) is 32.7 Å². The lowest BCUT2D eigenvalue weighted by Gasteiger charge is -2.12. The van der Waals surface area contributed by atoms with Gasteiger partial charge in [-0.1, -0.05) is 19.9 Å². The molecule has 0 aliphatic rings. The summed E-state index contributed by atoms with van der Waals surface area (Å²) in [6, 6.07) is 6.48. The topological polar surface area (TPSA) is 35.2 Å². The summed E-state index contributed by atoms with van der Waals surface area (Å²) in [4.78, 5) is 0. The number of hydrogen-bond acceptors (Lipinski definition) is 3. The number of benzene rings is 1. The fraction of sp³-hybridized carbons (Fsp3) is 0.571. The van der Waals surface area contributed by atoms with Crippen LogP contribution in [0.3, 0.4) is 0 Å². The van der Waals surface area contributed by atoms with Gasteiger partial charge in [-0.05, 0) is 52.2 Å². The van der Waals surface area contributed by atoms with Gasteiger partial charge >= 0.3 is 0 Å². The minimum atomic E-state index is 0.240. The van der Waals surface area contributed by atoms with E-state index in [0.29, 0.717) is 0 Å². The third-order valence-corrected chi connectivity index (χ3v) is 4.19. The van der Waals surface area contributed by atoms with Gasteiger partial charge < -0.3 is 10.5 Å². The molecule has 0 saturated carbocycles. The standard InChI is InChI=1S/C14H22BrNOS/c1-3-12(16)9-11-5-6-14(13(15)10-11)17-7-8-18-4-2/h5-6,10,12H,3-4,7-9,16H2,1-2H3. The highest BCUT2D eigenvalue weighted by Crippen LogP contribution is 2.26. The van der Waals surface area contributed by atoms with Crippen LogP contribution < -0.4 is 10.5 Å². The number of thioether (sulfide) groups is 1. The van der Waals surface area contributed by atoms with Gasteiger partial charge in [0.1, 0.15) is 5.75 Å². The van der Waals surface area contributed by atoms with Crippen LogP contribution in [-0.4, -0.2) is 24.2 Å². The van der Waals surface area contributed by atoms with Crippen molar-refractivity contribution in [3.8, 4) is 5.75 Å². The highest BCUT2D eigenvalue weighted by Gasteiger charge is 2.05. The van der Waals surface area contributed by atoms with E-state index in [1.165, 1.54) is 5.56 Å². The van der Waals surface area contributed by atoms with E-state index in [1.54, 1.807) is 0 Å². The highest BCUT2D eigenvalue weighted by atomic mass is 79.9. The molecule has 0 bridgehead atoms. The van der Waals surface area contributed by atoms with Gasteiger partial charge in [-0.15, -0.1) is 0 Å². The Labute approximate surface area is 123 Å². The van der Waals surface area contributed by atoms with Crippen LogP contribution >= 0.6 is 27.7 Å². The highest BCUT2D eigenvalue weighted by molar-refractivity contribution is 9.10. The average Bonchev–Trinajstić information content (AvgIpc) is 2.36. The Morgan fingerprint density at radius 2 is 2.17 bits per heavy atom. The van der Waals surface area contributed by atoms with Crippen molar-refractivity contribution in [3.05, 3.63) is 28.2 Å². The number of halogens is 1. The van der Waals surface area contributed by atoms with E-state index >= 15 is 0 Å². The van der Waals surface area contributed by atoms with E-state index in [4.69, 9.17) is 10.5 Å². The van der Waals surface area contributed by atoms with Crippen molar-refractivity contribution in [2.75, 3.05) is 18.1 Å². The van der Waals surface area contributed by atoms with Gasteiger partial charge in [-0.3, -0.25) is 0 Å². The third-order valence-electron chi connectivity index (χ3n) is 2.71. The lowest BCUT2D eigenvalue weighted by molar-refractivity contribution is 0.341. The zero-order valence-corrected chi connectivity index (χ0v) is 13.5. The summed E-state index contributed by atoms with van der Waals surface area (Å²) >= 11 is 5.45. The zero-order valence-electron chi connectivity index (χ0n) is 11.1. The SMILES string of the molecule is CCSCCOc1ccc(CC(N)CC)cc1Br. The van der Waals surface area contributed by atoms with Crippen molar-refractivity contribution in [3.63, 3.8) is 0 Å². The number of nitrogens with two attached hydrogens (primary N) is 1. The van der Waals surface area contributed by atoms with Crippen LogP contribution in [0.4, 0.5) is 0 Å². The molecule has 4 heteroatoms. The Balaban J connectivity index is 2.51. The van der Waals surface area contributed by atoms with E-state index in [-0.39, 0.29) is 6.04 Å². The summed E-state index contributed by atoms with van der Waals surface area (Å²) in [5.74, 6) is 3.09. The maximum Gasteiger partial charge on any atom is 0.133 e. The summed E-state index contributed by atoms with van der Waals surface area (Å²) < 4.78 is 6.74. The first-order valence-electron chi connectivity index (χ1n) is 6.41. The van der Waals surface area contributed by atoms with Gasteiger partial charge in [0.15, 0.2) is 0 Å². The molecule has 0 aromatic heterocycles. The molecule has 2 nitrogen and oxygen atoms in total. The molecule has 2 N–H and O–H groups in total. The summed E-state index contributed by atoms with van der Waals surface area (Å²) in [5.41, 5.74) is 7.21. The van der Waals surface area contributed by atoms with Crippen LogP contribution in [0.2, 0.25) is 0 Å². The zero-order chi connectivity index (χ0) is 13.4. The van der Waals surface area contributed by atoms with Crippen LogP contribution in [0.1, 0.15) is 25.8 Å². The lowest BCUT2D eigenvalue weighted by atomic mass is 10.0. The van der Waals surface area contributed by atoms with E-state index in [0.717, 1.165) is 41.2 Å². The van der Waals surface area contributed by atoms with Crippen LogP contribution in [0.15, 0.2) is 22.7 Å². The van der Waals surface area contributed by atoms with Crippen molar-refractivity contribution in [2.24, 2.45) is 5.73 Å². The second kappa shape index (κ2) is 8.83. The van der Waals surface area contributed by atoms with Crippen molar-refractivity contribution in [1.82, 2.24) is 0 Å². The molecule has 0 aliphatic carbocycles. The fourth-order valence-electron chi connectivity index (χ4n) is 1.59. The lowest BCUT2D eigenvalue weighted by Crippen LogP contribution is -2.21. The number of ether oxygens (including phenoxy) is 1.